The van der Waals surface area contributed by atoms with E-state index >= 15 is 0 Å². The molecule has 2 aromatic heterocycles. The minimum atomic E-state index is -0.679. The second kappa shape index (κ2) is 12.5. The topological polar surface area (TPSA) is 121 Å². The van der Waals surface area contributed by atoms with Gasteiger partial charge in [-0.2, -0.15) is 0 Å². The van der Waals surface area contributed by atoms with Crippen molar-refractivity contribution in [1.82, 2.24) is 30.8 Å². The van der Waals surface area contributed by atoms with Gasteiger partial charge in [-0.25, -0.2) is 4.98 Å². The highest BCUT2D eigenvalue weighted by Gasteiger charge is 2.29. The van der Waals surface area contributed by atoms with Gasteiger partial charge in [0.1, 0.15) is 24.0 Å². The summed E-state index contributed by atoms with van der Waals surface area (Å²) in [6.45, 7) is 5.91. The van der Waals surface area contributed by atoms with Crippen molar-refractivity contribution in [2.45, 2.75) is 64.3 Å². The summed E-state index contributed by atoms with van der Waals surface area (Å²) in [5, 5.41) is 12.3. The molecule has 10 nitrogen and oxygen atoms in total. The maximum Gasteiger partial charge on any atom is 0.269 e. The number of aromatic nitrogens is 2. The molecule has 2 atom stereocenters. The van der Waals surface area contributed by atoms with E-state index in [4.69, 9.17) is 4.74 Å². The Bertz CT molecular complexity index is 1080. The number of nitrogens with zero attached hydrogens (tertiary/aromatic N) is 3. The summed E-state index contributed by atoms with van der Waals surface area (Å²) in [4.78, 5) is 37.0. The van der Waals surface area contributed by atoms with E-state index in [1.54, 1.807) is 30.7 Å². The van der Waals surface area contributed by atoms with Crippen LogP contribution in [0.15, 0.2) is 54.3 Å². The Labute approximate surface area is 218 Å². The summed E-state index contributed by atoms with van der Waals surface area (Å²) >= 11 is 0. The number of ether oxygens (including phenoxy) is 1. The zero-order chi connectivity index (χ0) is 26.2. The van der Waals surface area contributed by atoms with Gasteiger partial charge >= 0.3 is 0 Å². The van der Waals surface area contributed by atoms with Gasteiger partial charge in [-0.15, -0.1) is 0 Å². The number of likely N-dealkylation sites (tertiary alicyclic amines) is 1. The summed E-state index contributed by atoms with van der Waals surface area (Å²) in [6.07, 6.45) is 9.14. The molecule has 2 unspecified atom stereocenters. The van der Waals surface area contributed by atoms with Crippen LogP contribution in [0, 0.1) is 0 Å². The Hall–Kier alpha value is -3.66. The van der Waals surface area contributed by atoms with Crippen LogP contribution in [0.5, 0.6) is 5.88 Å². The first-order valence-electron chi connectivity index (χ1n) is 13.0. The molecule has 0 aromatic carbocycles. The predicted octanol–water partition coefficient (Wildman–Crippen LogP) is 2.69. The molecule has 1 fully saturated rings. The molecule has 2 amide bonds. The van der Waals surface area contributed by atoms with Crippen molar-refractivity contribution in [3.05, 3.63) is 59.8 Å². The van der Waals surface area contributed by atoms with Gasteiger partial charge in [0.05, 0.1) is 11.9 Å². The number of amides is 2. The van der Waals surface area contributed by atoms with E-state index in [1.165, 1.54) is 0 Å². The second-order valence-electron chi connectivity index (χ2n) is 9.67. The second-order valence-corrected chi connectivity index (χ2v) is 9.67. The highest BCUT2D eigenvalue weighted by atomic mass is 16.5. The zero-order valence-electron chi connectivity index (χ0n) is 21.8. The Balaban J connectivity index is 1.34. The lowest BCUT2D eigenvalue weighted by atomic mass is 10.1. The van der Waals surface area contributed by atoms with Crippen LogP contribution in [0.2, 0.25) is 0 Å². The largest absolute Gasteiger partial charge is 0.474 e. The third-order valence-corrected chi connectivity index (χ3v) is 6.69. The molecule has 0 aliphatic carbocycles. The number of hydrogen-bond acceptors (Lipinski definition) is 8. The van der Waals surface area contributed by atoms with Gasteiger partial charge in [0.25, 0.3) is 5.91 Å². The van der Waals surface area contributed by atoms with Gasteiger partial charge in [0, 0.05) is 42.8 Å². The van der Waals surface area contributed by atoms with Crippen LogP contribution < -0.4 is 26.0 Å². The lowest BCUT2D eigenvalue weighted by Crippen LogP contribution is -2.45. The predicted molar refractivity (Wildman–Crippen MR) is 141 cm³/mol. The number of rotatable bonds is 10. The first-order chi connectivity index (χ1) is 17.9. The summed E-state index contributed by atoms with van der Waals surface area (Å²) in [6, 6.07) is 6.65. The van der Waals surface area contributed by atoms with Crippen LogP contribution >= 0.6 is 0 Å². The average molecular weight is 508 g/mol. The molecule has 4 N–H and O–H groups in total. The van der Waals surface area contributed by atoms with Gasteiger partial charge in [-0.05, 0) is 45.4 Å². The third kappa shape index (κ3) is 7.19. The summed E-state index contributed by atoms with van der Waals surface area (Å²) in [5.41, 5.74) is 2.61. The first-order valence-corrected chi connectivity index (χ1v) is 13.0. The monoisotopic (exact) mass is 507 g/mol. The molecule has 2 aliphatic heterocycles. The Morgan fingerprint density at radius 1 is 1.19 bits per heavy atom. The molecular weight excluding hydrogens is 470 g/mol. The van der Waals surface area contributed by atoms with Crippen LogP contribution in [0.1, 0.15) is 57.7 Å². The van der Waals surface area contributed by atoms with E-state index in [1.807, 2.05) is 19.1 Å². The van der Waals surface area contributed by atoms with E-state index in [2.05, 4.69) is 50.1 Å². The molecule has 0 saturated carbocycles. The number of carbonyl (C=O) groups is 2. The molecule has 0 spiro atoms. The van der Waals surface area contributed by atoms with Crippen LogP contribution in [0.4, 0.5) is 5.69 Å². The van der Waals surface area contributed by atoms with Gasteiger partial charge in [0.15, 0.2) is 0 Å². The summed E-state index contributed by atoms with van der Waals surface area (Å²) in [7, 11) is 2.11. The van der Waals surface area contributed by atoms with Gasteiger partial charge in [0.2, 0.25) is 11.8 Å². The SMILES string of the molecule is CCCCC(NC(=O)C1=C(C)NC(c2cccnc2)N1)C(=O)Nc1ccc(OC2CCN(C)CC2)nc1. The number of carbonyl (C=O) groups excluding carboxylic acids is 2. The van der Waals surface area contributed by atoms with E-state index in [0.717, 1.165) is 44.3 Å². The van der Waals surface area contributed by atoms with Crippen molar-refractivity contribution in [3.63, 3.8) is 0 Å². The molecule has 2 aliphatic rings. The fourth-order valence-corrected chi connectivity index (χ4v) is 4.46. The Morgan fingerprint density at radius 2 is 2.00 bits per heavy atom. The number of allylic oxidation sites excluding steroid dienone is 1. The number of unbranched alkanes of at least 4 members (excludes halogenated alkanes) is 1. The highest BCUT2D eigenvalue weighted by Crippen LogP contribution is 2.21. The molecule has 37 heavy (non-hydrogen) atoms. The van der Waals surface area contributed by atoms with Crippen molar-refractivity contribution >= 4 is 17.5 Å². The van der Waals surface area contributed by atoms with E-state index in [9.17, 15) is 9.59 Å². The van der Waals surface area contributed by atoms with Crippen LogP contribution in [-0.4, -0.2) is 59.0 Å². The van der Waals surface area contributed by atoms with Crippen molar-refractivity contribution < 1.29 is 14.3 Å². The lowest BCUT2D eigenvalue weighted by molar-refractivity contribution is -0.124. The highest BCUT2D eigenvalue weighted by molar-refractivity contribution is 6.01. The zero-order valence-corrected chi connectivity index (χ0v) is 21.8. The molecule has 4 heterocycles. The molecule has 1 saturated heterocycles. The lowest BCUT2D eigenvalue weighted by Gasteiger charge is -2.28. The van der Waals surface area contributed by atoms with Crippen molar-refractivity contribution in [2.75, 3.05) is 25.5 Å². The maximum atomic E-state index is 13.1. The summed E-state index contributed by atoms with van der Waals surface area (Å²) < 4.78 is 6.00. The van der Waals surface area contributed by atoms with Gasteiger partial charge in [-0.1, -0.05) is 25.8 Å². The smallest absolute Gasteiger partial charge is 0.269 e. The van der Waals surface area contributed by atoms with Crippen LogP contribution in [-0.2, 0) is 9.59 Å². The van der Waals surface area contributed by atoms with Gasteiger partial charge in [-0.3, -0.25) is 14.6 Å². The molecule has 0 bridgehead atoms. The molecule has 198 valence electrons. The standard InChI is InChI=1S/C27H37N7O3/c1-4-5-8-22(32-27(36)24-18(2)30-25(33-24)19-7-6-13-28-16-19)26(35)31-20-9-10-23(29-17-20)37-21-11-14-34(3)15-12-21/h6-7,9-10,13,16-17,21-22,25,30,33H,4-5,8,11-12,14-15H2,1-3H3,(H,31,35)(H,32,36). The molecule has 0 radical (unpaired) electrons. The minimum absolute atomic E-state index is 0.159. The first kappa shape index (κ1) is 26.4. The Morgan fingerprint density at radius 3 is 2.68 bits per heavy atom. The number of piperidine rings is 1. The Kier molecular flexibility index (Phi) is 8.95. The minimum Gasteiger partial charge on any atom is -0.474 e. The molecule has 4 rings (SSSR count). The average Bonchev–Trinajstić information content (AvgIpc) is 3.31. The van der Waals surface area contributed by atoms with Crippen LogP contribution in [0.3, 0.4) is 0 Å². The summed E-state index contributed by atoms with van der Waals surface area (Å²) in [5.74, 6) is -0.0537. The quantitative estimate of drug-likeness (QED) is 0.387. The number of hydrogen-bond donors (Lipinski definition) is 4. The molecular formula is C27H37N7O3. The van der Waals surface area contributed by atoms with E-state index in [-0.39, 0.29) is 24.1 Å². The maximum absolute atomic E-state index is 13.1. The third-order valence-electron chi connectivity index (χ3n) is 6.69. The number of pyridine rings is 2. The normalized spacial score (nSPS) is 19.1. The van der Waals surface area contributed by atoms with Crippen molar-refractivity contribution in [2.24, 2.45) is 0 Å². The fraction of sp³-hybridized carbons (Fsp3) is 0.481. The van der Waals surface area contributed by atoms with E-state index < -0.39 is 6.04 Å². The van der Waals surface area contributed by atoms with E-state index in [0.29, 0.717) is 29.4 Å². The molecule has 2 aromatic rings. The van der Waals surface area contributed by atoms with Crippen LogP contribution in [0.25, 0.3) is 0 Å². The van der Waals surface area contributed by atoms with Crippen molar-refractivity contribution in [3.8, 4) is 5.88 Å². The molecule has 10 heteroatoms. The fourth-order valence-electron chi connectivity index (χ4n) is 4.46. The van der Waals surface area contributed by atoms with Gasteiger partial charge < -0.3 is 30.9 Å². The number of anilines is 1. The number of nitrogens with one attached hydrogen (secondary N) is 4. The van der Waals surface area contributed by atoms with Crippen molar-refractivity contribution in [1.29, 1.82) is 0 Å².